The van der Waals surface area contributed by atoms with Crippen molar-refractivity contribution in [2.24, 2.45) is 23.7 Å². The van der Waals surface area contributed by atoms with E-state index in [-0.39, 0.29) is 112 Å². The molecule has 0 aliphatic carbocycles. The Kier molecular flexibility index (Phi) is 32.1. The predicted octanol–water partition coefficient (Wildman–Crippen LogP) is 1.28. The summed E-state index contributed by atoms with van der Waals surface area (Å²) in [6, 6.07) is -5.68. The van der Waals surface area contributed by atoms with Crippen LogP contribution in [0.1, 0.15) is 188 Å². The van der Waals surface area contributed by atoms with Gasteiger partial charge in [0.2, 0.25) is 59.1 Å². The van der Waals surface area contributed by atoms with E-state index in [2.05, 4.69) is 53.2 Å². The first-order valence-corrected chi connectivity index (χ1v) is 29.6. The third-order valence-electron chi connectivity index (χ3n) is 13.9. The van der Waals surface area contributed by atoms with Crippen molar-refractivity contribution in [3.05, 3.63) is 0 Å². The molecule has 1 rings (SSSR count). The van der Waals surface area contributed by atoms with Crippen molar-refractivity contribution in [3.63, 3.8) is 0 Å². The number of hydrogen-bond donors (Lipinski definition) is 12. The summed E-state index contributed by atoms with van der Waals surface area (Å²) >= 11 is 0. The topological polar surface area (TPSA) is 352 Å². The smallest absolute Gasteiger partial charge is 0.246 e. The molecular weight excluding hydrogens is 1060 g/mol. The highest BCUT2D eigenvalue weighted by Crippen LogP contribution is 2.22. The van der Waals surface area contributed by atoms with E-state index in [0.29, 0.717) is 38.9 Å². The number of ketones is 1. The molecule has 12 N–H and O–H groups in total. The zero-order valence-electron chi connectivity index (χ0n) is 52.2. The second-order valence-electron chi connectivity index (χ2n) is 25.1. The zero-order valence-corrected chi connectivity index (χ0v) is 52.2. The number of nitrogens with zero attached hydrogens (tertiary/aromatic N) is 1. The van der Waals surface area contributed by atoms with Crippen LogP contribution in [0.2, 0.25) is 0 Å². The molecule has 82 heavy (non-hydrogen) atoms. The fourth-order valence-corrected chi connectivity index (χ4v) is 9.33. The second-order valence-corrected chi connectivity index (χ2v) is 25.1. The molecule has 24 heteroatoms. The highest BCUT2D eigenvalue weighted by Gasteiger charge is 2.42. The number of rotatable bonds is 38. The van der Waals surface area contributed by atoms with Gasteiger partial charge in [0.25, 0.3) is 0 Å². The SMILES string of the molecule is CCCC(=O)N1CCC[C@H]1C(=O)N[C@@H](C[C@H](C)C[C@@H](O)CC(=O)CC)C(=O)NC(C)(C)C(=O)NC(C)(C)C(=O)N[C@@H](CC(C)C)C(=O)N[C@@H](CC(C)C)C(=O)NC(C)(C)C(=O)N[C@@H](CC(C)C)C(=O)NCCC(=O)N[C@@H](C)CNCCO. The van der Waals surface area contributed by atoms with E-state index in [1.54, 1.807) is 20.8 Å². The van der Waals surface area contributed by atoms with Crippen molar-refractivity contribution in [1.29, 1.82) is 0 Å². The van der Waals surface area contributed by atoms with Crippen LogP contribution in [-0.4, -0.2) is 172 Å². The maximum absolute atomic E-state index is 14.2. The molecule has 0 spiro atoms. The van der Waals surface area contributed by atoms with Crippen molar-refractivity contribution in [2.45, 2.75) is 247 Å². The molecule has 1 aliphatic heterocycles. The number of carbonyl (C=O) groups excluding carboxylic acids is 11. The van der Waals surface area contributed by atoms with Crippen LogP contribution in [-0.2, 0) is 52.7 Å². The summed E-state index contributed by atoms with van der Waals surface area (Å²) in [6.07, 6.45) is 1.66. The summed E-state index contributed by atoms with van der Waals surface area (Å²) in [5, 5.41) is 47.3. The van der Waals surface area contributed by atoms with Gasteiger partial charge in [0, 0.05) is 57.9 Å². The van der Waals surface area contributed by atoms with Crippen molar-refractivity contribution >= 4 is 64.9 Å². The summed E-state index contributed by atoms with van der Waals surface area (Å²) in [5.41, 5.74) is -5.02. The molecule has 0 bridgehead atoms. The van der Waals surface area contributed by atoms with Gasteiger partial charge < -0.3 is 68.3 Å². The maximum Gasteiger partial charge on any atom is 0.246 e. The van der Waals surface area contributed by atoms with Gasteiger partial charge in [-0.1, -0.05) is 62.3 Å². The van der Waals surface area contributed by atoms with E-state index in [1.807, 2.05) is 48.5 Å². The van der Waals surface area contributed by atoms with Gasteiger partial charge in [0.05, 0.1) is 12.7 Å². The molecule has 0 saturated carbocycles. The molecule has 0 aromatic rings. The predicted molar refractivity (Wildman–Crippen MR) is 312 cm³/mol. The van der Waals surface area contributed by atoms with Crippen molar-refractivity contribution < 1.29 is 63.0 Å². The second kappa shape index (κ2) is 35.4. The first-order valence-electron chi connectivity index (χ1n) is 29.6. The van der Waals surface area contributed by atoms with Crippen LogP contribution in [0.25, 0.3) is 0 Å². The minimum atomic E-state index is -1.71. The molecule has 0 unspecified atom stereocenters. The van der Waals surface area contributed by atoms with Crippen LogP contribution in [0.3, 0.4) is 0 Å². The van der Waals surface area contributed by atoms with Gasteiger partial charge in [0.1, 0.15) is 52.6 Å². The highest BCUT2D eigenvalue weighted by atomic mass is 16.3. The van der Waals surface area contributed by atoms with Crippen LogP contribution in [0.5, 0.6) is 0 Å². The fourth-order valence-electron chi connectivity index (χ4n) is 9.33. The lowest BCUT2D eigenvalue weighted by Gasteiger charge is -2.34. The molecule has 8 atom stereocenters. The van der Waals surface area contributed by atoms with Gasteiger partial charge in [-0.3, -0.25) is 52.7 Å². The quantitative estimate of drug-likeness (QED) is 0.0388. The number of hydrogen-bond acceptors (Lipinski definition) is 14. The van der Waals surface area contributed by atoms with E-state index in [9.17, 15) is 57.8 Å². The number of Topliss-reactive ketones (excluding diaryl/α,β-unsaturated/α-hetero) is 1. The van der Waals surface area contributed by atoms with Gasteiger partial charge in [-0.05, 0) is 124 Å². The number of carbonyl (C=O) groups is 11. The average Bonchev–Trinajstić information content (AvgIpc) is 4.01. The monoisotopic (exact) mass is 1160 g/mol. The van der Waals surface area contributed by atoms with Crippen LogP contribution in [0, 0.1) is 23.7 Å². The molecule has 470 valence electrons. The van der Waals surface area contributed by atoms with E-state index >= 15 is 0 Å². The minimum Gasteiger partial charge on any atom is -0.395 e. The number of amides is 10. The Balaban J connectivity index is 3.26. The van der Waals surface area contributed by atoms with Crippen LogP contribution < -0.4 is 53.2 Å². The lowest BCUT2D eigenvalue weighted by atomic mass is 9.92. The summed E-state index contributed by atoms with van der Waals surface area (Å²) in [7, 11) is 0. The standard InChI is InChI=1S/C58H105N11O13/c1-17-20-47(74)69-25-19-21-45(69)52(79)63-44(31-37(9)30-40(72)32-39(71)18-2)51(78)67-58(15,16)55(82)68-57(13,14)54(81)65-42(28-35(5)6)49(76)62-43(29-36(7)8)50(77)66-56(11,12)53(80)64-41(27-34(3)4)48(75)60-23-22-46(73)61-38(10)33-59-24-26-70/h34-38,40-45,59,70,72H,17-33H2,1-16H3,(H,60,75)(H,61,73)(H,62,76)(H,63,79)(H,64,80)(H,65,81)(H,66,77)(H,67,78)(H,68,82)/t37-,38+,40-,41+,42+,43+,44+,45+/m1/s1. The van der Waals surface area contributed by atoms with Gasteiger partial charge in [-0.25, -0.2) is 0 Å². The lowest BCUT2D eigenvalue weighted by molar-refractivity contribution is -0.141. The largest absolute Gasteiger partial charge is 0.395 e. The third kappa shape index (κ3) is 27.1. The summed E-state index contributed by atoms with van der Waals surface area (Å²) in [4.78, 5) is 151. The first-order chi connectivity index (χ1) is 38.0. The third-order valence-corrected chi connectivity index (χ3v) is 13.9. The number of nitrogens with one attached hydrogen (secondary N) is 10. The molecule has 1 aliphatic rings. The first kappa shape index (κ1) is 74.3. The average molecular weight is 1160 g/mol. The number of likely N-dealkylation sites (tertiary alicyclic amines) is 1. The summed E-state index contributed by atoms with van der Waals surface area (Å²) in [6.45, 7) is 27.9. The van der Waals surface area contributed by atoms with Crippen LogP contribution >= 0.6 is 0 Å². The molecular formula is C58H105N11O13. The van der Waals surface area contributed by atoms with Crippen LogP contribution in [0.15, 0.2) is 0 Å². The van der Waals surface area contributed by atoms with Gasteiger partial charge in [0.15, 0.2) is 0 Å². The number of aliphatic hydroxyl groups is 2. The van der Waals surface area contributed by atoms with E-state index in [1.165, 1.54) is 46.4 Å². The Morgan fingerprint density at radius 3 is 1.55 bits per heavy atom. The molecule has 24 nitrogen and oxygen atoms in total. The molecule has 1 heterocycles. The van der Waals surface area contributed by atoms with E-state index in [4.69, 9.17) is 5.11 Å². The Morgan fingerprint density at radius 2 is 1.05 bits per heavy atom. The van der Waals surface area contributed by atoms with E-state index in [0.717, 1.165) is 0 Å². The van der Waals surface area contributed by atoms with Gasteiger partial charge >= 0.3 is 0 Å². The Hall–Kier alpha value is -5.75. The molecule has 10 amide bonds. The van der Waals surface area contributed by atoms with Crippen molar-refractivity contribution in [1.82, 2.24) is 58.1 Å². The van der Waals surface area contributed by atoms with Crippen molar-refractivity contribution in [2.75, 3.05) is 32.8 Å². The Bertz CT molecular complexity index is 2150. The Labute approximate surface area is 487 Å². The van der Waals surface area contributed by atoms with E-state index < -0.39 is 106 Å². The highest BCUT2D eigenvalue weighted by molar-refractivity contribution is 6.00. The molecule has 1 saturated heterocycles. The molecule has 0 radical (unpaired) electrons. The fraction of sp³-hybridized carbons (Fsp3) is 0.810. The maximum atomic E-state index is 14.2. The lowest BCUT2D eigenvalue weighted by Crippen LogP contribution is -2.66. The summed E-state index contributed by atoms with van der Waals surface area (Å²) in [5.74, 6) is -6.79. The normalized spacial score (nSPS) is 16.4. The molecule has 0 aromatic heterocycles. The van der Waals surface area contributed by atoms with Crippen molar-refractivity contribution in [3.8, 4) is 0 Å². The van der Waals surface area contributed by atoms with Gasteiger partial charge in [-0.2, -0.15) is 0 Å². The molecule has 0 aromatic carbocycles. The van der Waals surface area contributed by atoms with Gasteiger partial charge in [-0.15, -0.1) is 0 Å². The minimum absolute atomic E-state index is 0.0000707. The zero-order chi connectivity index (χ0) is 62.9. The number of aliphatic hydroxyl groups excluding tert-OH is 2. The Morgan fingerprint density at radius 1 is 0.561 bits per heavy atom. The van der Waals surface area contributed by atoms with Crippen LogP contribution in [0.4, 0.5) is 0 Å². The summed E-state index contributed by atoms with van der Waals surface area (Å²) < 4.78 is 0. The molecule has 1 fully saturated rings.